The molecule has 0 amide bonds. The fourth-order valence-corrected chi connectivity index (χ4v) is 5.73. The van der Waals surface area contributed by atoms with Crippen molar-refractivity contribution in [3.63, 3.8) is 0 Å². The molecule has 9 heteroatoms. The van der Waals surface area contributed by atoms with Crippen molar-refractivity contribution in [1.82, 2.24) is 9.71 Å². The van der Waals surface area contributed by atoms with Crippen LogP contribution in [0.4, 0.5) is 11.4 Å². The van der Waals surface area contributed by atoms with Crippen LogP contribution in [0, 0.1) is 0 Å². The minimum atomic E-state index is -3.03. The van der Waals surface area contributed by atoms with Gasteiger partial charge in [0.05, 0.1) is 36.8 Å². The number of hydrogen-bond acceptors (Lipinski definition) is 7. The van der Waals surface area contributed by atoms with Crippen LogP contribution in [0.15, 0.2) is 88.3 Å². The number of rotatable bonds is 10. The van der Waals surface area contributed by atoms with Gasteiger partial charge in [0.2, 0.25) is 0 Å². The standard InChI is InChI=1S/C28H32N4O4S/c1-19(33)18-30-37(34,32-20(2)21-5-9-23(35-3)10-6-21)25-12-7-22(8-13-25)31-27-15-16-29-28-17-24(36-4)11-14-26(27)28/h5-17,19-20,33H,18H2,1-4H3,(H,29,31)(H,30,32,34)/t19-,20-,37-/m1/s1. The third-order valence-electron chi connectivity index (χ3n) is 5.88. The minimum Gasteiger partial charge on any atom is -0.497 e. The van der Waals surface area contributed by atoms with Gasteiger partial charge in [-0.05, 0) is 74.0 Å². The maximum Gasteiger partial charge on any atom is 0.137 e. The molecule has 1 aromatic heterocycles. The van der Waals surface area contributed by atoms with Gasteiger partial charge in [-0.2, -0.15) is 0 Å². The van der Waals surface area contributed by atoms with Gasteiger partial charge in [0.15, 0.2) is 0 Å². The van der Waals surface area contributed by atoms with Crippen molar-refractivity contribution in [2.45, 2.75) is 30.9 Å². The number of hydrogen-bond donors (Lipinski definition) is 3. The van der Waals surface area contributed by atoms with Crippen LogP contribution in [0.3, 0.4) is 0 Å². The molecule has 1 heterocycles. The molecule has 3 aromatic carbocycles. The summed E-state index contributed by atoms with van der Waals surface area (Å²) in [5, 5.41) is 14.2. The Morgan fingerprint density at radius 1 is 0.946 bits per heavy atom. The van der Waals surface area contributed by atoms with Crippen LogP contribution in [0.2, 0.25) is 0 Å². The Bertz CT molecular complexity index is 1460. The van der Waals surface area contributed by atoms with Crippen LogP contribution < -0.4 is 19.5 Å². The molecule has 0 unspecified atom stereocenters. The highest BCUT2D eigenvalue weighted by Gasteiger charge is 2.17. The third kappa shape index (κ3) is 6.37. The quantitative estimate of drug-likeness (QED) is 0.256. The van der Waals surface area contributed by atoms with E-state index in [0.717, 1.165) is 39.3 Å². The van der Waals surface area contributed by atoms with E-state index in [4.69, 9.17) is 9.47 Å². The maximum absolute atomic E-state index is 14.0. The van der Waals surface area contributed by atoms with Crippen molar-refractivity contribution < 1.29 is 18.8 Å². The molecule has 37 heavy (non-hydrogen) atoms. The number of methoxy groups -OCH3 is 2. The largest absolute Gasteiger partial charge is 0.497 e. The first-order valence-electron chi connectivity index (χ1n) is 11.9. The number of aliphatic hydroxyl groups excluding tert-OH is 1. The Labute approximate surface area is 218 Å². The van der Waals surface area contributed by atoms with Crippen molar-refractivity contribution in [1.29, 1.82) is 0 Å². The molecule has 4 rings (SSSR count). The van der Waals surface area contributed by atoms with Crippen LogP contribution >= 0.6 is 0 Å². The molecule has 4 aromatic rings. The van der Waals surface area contributed by atoms with E-state index >= 15 is 0 Å². The number of fused-ring (bicyclic) bond motifs is 1. The molecule has 0 aliphatic heterocycles. The summed E-state index contributed by atoms with van der Waals surface area (Å²) in [5.41, 5.74) is 3.45. The number of aromatic nitrogens is 1. The van der Waals surface area contributed by atoms with E-state index in [1.165, 1.54) is 0 Å². The Kier molecular flexibility index (Phi) is 8.27. The first kappa shape index (κ1) is 26.4. The molecule has 194 valence electrons. The predicted molar refractivity (Wildman–Crippen MR) is 148 cm³/mol. The van der Waals surface area contributed by atoms with Gasteiger partial charge in [-0.25, -0.2) is 13.3 Å². The lowest BCUT2D eigenvalue weighted by molar-refractivity contribution is 0.199. The van der Waals surface area contributed by atoms with Gasteiger partial charge in [0.25, 0.3) is 0 Å². The van der Waals surface area contributed by atoms with Gasteiger partial charge >= 0.3 is 0 Å². The van der Waals surface area contributed by atoms with Gasteiger partial charge in [-0.1, -0.05) is 12.1 Å². The van der Waals surface area contributed by atoms with E-state index in [9.17, 15) is 9.32 Å². The monoisotopic (exact) mass is 520 g/mol. The Hall–Kier alpha value is -3.66. The normalized spacial score (nSPS) is 14.4. The molecule has 3 N–H and O–H groups in total. The molecule has 3 atom stereocenters. The number of anilines is 2. The van der Waals surface area contributed by atoms with E-state index in [1.54, 1.807) is 39.5 Å². The number of benzene rings is 3. The lowest BCUT2D eigenvalue weighted by atomic mass is 10.1. The van der Waals surface area contributed by atoms with Crippen molar-refractivity contribution in [2.24, 2.45) is 4.36 Å². The Morgan fingerprint density at radius 3 is 2.27 bits per heavy atom. The second kappa shape index (κ2) is 11.6. The second-order valence-corrected chi connectivity index (χ2v) is 10.7. The molecule has 0 aliphatic rings. The number of nitrogens with one attached hydrogen (secondary N) is 2. The Balaban J connectivity index is 1.62. The molecular weight excluding hydrogens is 488 g/mol. The summed E-state index contributed by atoms with van der Waals surface area (Å²) in [7, 11) is 0.216. The highest BCUT2D eigenvalue weighted by atomic mass is 32.2. The fraction of sp³-hybridized carbons (Fsp3) is 0.250. The van der Waals surface area contributed by atoms with Crippen LogP contribution in [-0.4, -0.2) is 41.2 Å². The molecule has 8 nitrogen and oxygen atoms in total. The maximum atomic E-state index is 14.0. The summed E-state index contributed by atoms with van der Waals surface area (Å²) >= 11 is 0. The lowest BCUT2D eigenvalue weighted by Crippen LogP contribution is -2.31. The SMILES string of the molecule is COc1ccc([C@@H](C)N=[S@](=O)(NC[C@@H](C)O)c2ccc(Nc3ccnc4cc(OC)ccc34)cc2)cc1. The van der Waals surface area contributed by atoms with E-state index in [-0.39, 0.29) is 12.6 Å². The number of pyridine rings is 1. The number of ether oxygens (including phenoxy) is 2. The highest BCUT2D eigenvalue weighted by Crippen LogP contribution is 2.29. The van der Waals surface area contributed by atoms with E-state index in [2.05, 4.69) is 19.4 Å². The fourth-order valence-electron chi connectivity index (χ4n) is 3.82. The predicted octanol–water partition coefficient (Wildman–Crippen LogP) is 5.47. The summed E-state index contributed by atoms with van der Waals surface area (Å²) < 4.78 is 32.2. The zero-order valence-electron chi connectivity index (χ0n) is 21.3. The van der Waals surface area contributed by atoms with E-state index in [1.807, 2.05) is 67.6 Å². The van der Waals surface area contributed by atoms with Crippen molar-refractivity contribution in [3.8, 4) is 11.5 Å². The summed E-state index contributed by atoms with van der Waals surface area (Å²) in [4.78, 5) is 4.96. The molecule has 0 fully saturated rings. The number of nitrogens with zero attached hydrogens (tertiary/aromatic N) is 2. The lowest BCUT2D eigenvalue weighted by Gasteiger charge is -2.17. The van der Waals surface area contributed by atoms with Gasteiger partial charge < -0.3 is 19.9 Å². The van der Waals surface area contributed by atoms with E-state index in [0.29, 0.717) is 4.90 Å². The van der Waals surface area contributed by atoms with Crippen molar-refractivity contribution in [2.75, 3.05) is 26.1 Å². The molecule has 0 saturated heterocycles. The van der Waals surface area contributed by atoms with Crippen LogP contribution in [0.25, 0.3) is 10.9 Å². The van der Waals surface area contributed by atoms with Gasteiger partial charge in [-0.15, -0.1) is 0 Å². The topological polar surface area (TPSA) is 105 Å². The zero-order chi connectivity index (χ0) is 26.4. The smallest absolute Gasteiger partial charge is 0.137 e. The van der Waals surface area contributed by atoms with Crippen molar-refractivity contribution >= 4 is 32.2 Å². The van der Waals surface area contributed by atoms with Gasteiger partial charge in [0, 0.05) is 35.6 Å². The molecule has 0 saturated carbocycles. The molecule has 0 spiro atoms. The molecule has 0 aliphatic carbocycles. The summed E-state index contributed by atoms with van der Waals surface area (Å²) in [6, 6.07) is 22.1. The first-order chi connectivity index (χ1) is 17.8. The molecule has 0 bridgehead atoms. The average Bonchev–Trinajstić information content (AvgIpc) is 2.92. The molecule has 0 radical (unpaired) electrons. The summed E-state index contributed by atoms with van der Waals surface area (Å²) in [5.74, 6) is 1.49. The van der Waals surface area contributed by atoms with E-state index < -0.39 is 16.0 Å². The van der Waals surface area contributed by atoms with Gasteiger partial charge in [0.1, 0.15) is 21.4 Å². The number of aliphatic hydroxyl groups is 1. The molecular formula is C28H32N4O4S. The second-order valence-electron chi connectivity index (χ2n) is 8.67. The van der Waals surface area contributed by atoms with Gasteiger partial charge in [-0.3, -0.25) is 4.98 Å². The van der Waals surface area contributed by atoms with Crippen LogP contribution in [-0.2, 0) is 9.92 Å². The zero-order valence-corrected chi connectivity index (χ0v) is 22.2. The highest BCUT2D eigenvalue weighted by molar-refractivity contribution is 7.91. The third-order valence-corrected chi connectivity index (χ3v) is 7.96. The average molecular weight is 521 g/mol. The van der Waals surface area contributed by atoms with Crippen LogP contribution in [0.1, 0.15) is 25.5 Å². The summed E-state index contributed by atoms with van der Waals surface area (Å²) in [6.45, 7) is 3.68. The van der Waals surface area contributed by atoms with Crippen molar-refractivity contribution in [3.05, 3.63) is 84.6 Å². The van der Waals surface area contributed by atoms with Crippen LogP contribution in [0.5, 0.6) is 11.5 Å². The Morgan fingerprint density at radius 2 is 1.62 bits per heavy atom. The summed E-state index contributed by atoms with van der Waals surface area (Å²) in [6.07, 6.45) is 1.07. The minimum absolute atomic E-state index is 0.143. The first-order valence-corrected chi connectivity index (χ1v) is 13.5.